The van der Waals surface area contributed by atoms with Gasteiger partial charge in [-0.1, -0.05) is 37.8 Å². The Morgan fingerprint density at radius 1 is 1.09 bits per heavy atom. The number of benzene rings is 1. The van der Waals surface area contributed by atoms with Crippen LogP contribution in [0.4, 0.5) is 9.18 Å². The van der Waals surface area contributed by atoms with Gasteiger partial charge in [-0.15, -0.1) is 0 Å². The Morgan fingerprint density at radius 2 is 1.83 bits per heavy atom. The van der Waals surface area contributed by atoms with Crippen LogP contribution in [0.15, 0.2) is 72.3 Å². The zero-order chi connectivity index (χ0) is 33.3. The molecule has 1 amide bonds. The van der Waals surface area contributed by atoms with E-state index in [9.17, 15) is 13.2 Å². The maximum absolute atomic E-state index is 16.6. The van der Waals surface area contributed by atoms with E-state index in [4.69, 9.17) is 9.47 Å². The van der Waals surface area contributed by atoms with Crippen LogP contribution in [-0.4, -0.2) is 77.4 Å². The molecule has 0 aliphatic carbocycles. The number of carbonyl (C=O) groups excluding carboxylic acids is 1. The van der Waals surface area contributed by atoms with Gasteiger partial charge in [-0.3, -0.25) is 0 Å². The first kappa shape index (κ1) is 33.8. The normalized spacial score (nSPS) is 17.4. The molecule has 1 saturated heterocycles. The summed E-state index contributed by atoms with van der Waals surface area (Å²) in [4.78, 5) is 23.3. The van der Waals surface area contributed by atoms with Gasteiger partial charge in [0.1, 0.15) is 24.3 Å². The lowest BCUT2D eigenvalue weighted by molar-refractivity contribution is 0.0281. The summed E-state index contributed by atoms with van der Waals surface area (Å²) < 4.78 is 58.8. The van der Waals surface area contributed by atoms with Crippen molar-refractivity contribution in [2.45, 2.75) is 81.7 Å². The third kappa shape index (κ3) is 7.69. The largest absolute Gasteiger partial charge is 0.444 e. The number of carbonyl (C=O) groups is 1. The second-order valence-electron chi connectivity index (χ2n) is 14.1. The van der Waals surface area contributed by atoms with Crippen LogP contribution in [0.2, 0.25) is 25.7 Å². The van der Waals surface area contributed by atoms with Crippen molar-refractivity contribution in [3.8, 4) is 11.3 Å². The standard InChI is InChI=1S/C33H44FN5O5SSi/c1-33(2,3)44-32(40)38-16-13-25(21-38)29(30(34)45(41,42)26-10-8-7-9-11-26)37-15-12-24(20-37)28-27-14-17-39(31(27)36-22-35-28)23-43-18-19-46(4,5)6/h7-12,14-15,17,20,22,25,29-30H,13,16,18-19,21,23H2,1-6H3. The summed E-state index contributed by atoms with van der Waals surface area (Å²) in [5.74, 6) is -0.485. The van der Waals surface area contributed by atoms with Gasteiger partial charge in [0.15, 0.2) is 0 Å². The van der Waals surface area contributed by atoms with Gasteiger partial charge >= 0.3 is 6.09 Å². The molecule has 10 nitrogen and oxygen atoms in total. The molecule has 3 atom stereocenters. The Morgan fingerprint density at radius 3 is 2.52 bits per heavy atom. The number of amides is 1. The van der Waals surface area contributed by atoms with Crippen LogP contribution in [0.5, 0.6) is 0 Å². The Labute approximate surface area is 271 Å². The van der Waals surface area contributed by atoms with E-state index in [1.54, 1.807) is 62.0 Å². The first-order chi connectivity index (χ1) is 21.6. The van der Waals surface area contributed by atoms with Crippen molar-refractivity contribution in [1.82, 2.24) is 24.0 Å². The number of hydrogen-bond acceptors (Lipinski definition) is 7. The molecule has 248 valence electrons. The zero-order valence-electron chi connectivity index (χ0n) is 27.4. The number of halogens is 1. The molecule has 1 aliphatic heterocycles. The predicted octanol–water partition coefficient (Wildman–Crippen LogP) is 6.78. The summed E-state index contributed by atoms with van der Waals surface area (Å²) >= 11 is 0. The molecule has 1 fully saturated rings. The van der Waals surface area contributed by atoms with Crippen LogP contribution < -0.4 is 0 Å². The predicted molar refractivity (Wildman–Crippen MR) is 179 cm³/mol. The summed E-state index contributed by atoms with van der Waals surface area (Å²) in [6.07, 6.45) is 6.73. The van der Waals surface area contributed by atoms with Crippen LogP contribution in [0, 0.1) is 5.92 Å². The summed E-state index contributed by atoms with van der Waals surface area (Å²) in [6.45, 7) is 13.8. The fourth-order valence-corrected chi connectivity index (χ4v) is 7.98. The smallest absolute Gasteiger partial charge is 0.410 e. The second-order valence-corrected chi connectivity index (χ2v) is 21.7. The number of sulfone groups is 1. The van der Waals surface area contributed by atoms with Crippen LogP contribution in [0.3, 0.4) is 0 Å². The molecule has 13 heteroatoms. The molecular weight excluding hydrogens is 626 g/mol. The lowest BCUT2D eigenvalue weighted by Gasteiger charge is -2.29. The third-order valence-corrected chi connectivity index (χ3v) is 11.6. The van der Waals surface area contributed by atoms with Crippen LogP contribution in [0.25, 0.3) is 22.3 Å². The van der Waals surface area contributed by atoms with Crippen LogP contribution >= 0.6 is 0 Å². The molecule has 3 unspecified atom stereocenters. The van der Waals surface area contributed by atoms with Crippen molar-refractivity contribution >= 4 is 35.0 Å². The number of aromatic nitrogens is 4. The van der Waals surface area contributed by atoms with E-state index in [2.05, 4.69) is 29.6 Å². The first-order valence-corrected chi connectivity index (χ1v) is 20.9. The Balaban J connectivity index is 1.45. The quantitative estimate of drug-likeness (QED) is 0.128. The van der Waals surface area contributed by atoms with E-state index in [0.29, 0.717) is 43.2 Å². The highest BCUT2D eigenvalue weighted by atomic mass is 32.2. The number of nitrogens with zero attached hydrogens (tertiary/aromatic N) is 5. The lowest BCUT2D eigenvalue weighted by Crippen LogP contribution is -2.38. The minimum Gasteiger partial charge on any atom is -0.444 e. The van der Waals surface area contributed by atoms with E-state index < -0.39 is 47.1 Å². The topological polar surface area (TPSA) is 109 Å². The molecule has 0 N–H and O–H groups in total. The number of likely N-dealkylation sites (tertiary alicyclic amines) is 1. The molecule has 46 heavy (non-hydrogen) atoms. The van der Waals surface area contributed by atoms with E-state index in [0.717, 1.165) is 11.4 Å². The molecule has 0 bridgehead atoms. The number of ether oxygens (including phenoxy) is 2. The summed E-state index contributed by atoms with van der Waals surface area (Å²) in [7, 11) is -5.57. The fourth-order valence-electron chi connectivity index (χ4n) is 5.69. The minimum absolute atomic E-state index is 0.0900. The fraction of sp³-hybridized carbons (Fsp3) is 0.485. The zero-order valence-corrected chi connectivity index (χ0v) is 29.2. The second kappa shape index (κ2) is 13.3. The van der Waals surface area contributed by atoms with Gasteiger partial charge in [0.25, 0.3) is 0 Å². The molecule has 1 aliphatic rings. The molecule has 4 aromatic rings. The Kier molecular flexibility index (Phi) is 9.76. The minimum atomic E-state index is -4.36. The number of rotatable bonds is 11. The van der Waals surface area contributed by atoms with Gasteiger partial charge in [-0.05, 0) is 57.5 Å². The maximum Gasteiger partial charge on any atom is 0.410 e. The first-order valence-electron chi connectivity index (χ1n) is 15.6. The van der Waals surface area contributed by atoms with Crippen molar-refractivity contribution in [1.29, 1.82) is 0 Å². The van der Waals surface area contributed by atoms with Crippen molar-refractivity contribution in [2.24, 2.45) is 5.92 Å². The van der Waals surface area contributed by atoms with Crippen molar-refractivity contribution in [3.63, 3.8) is 0 Å². The average Bonchev–Trinajstić information content (AvgIpc) is 3.75. The highest BCUT2D eigenvalue weighted by Crippen LogP contribution is 2.38. The molecule has 5 rings (SSSR count). The number of fused-ring (bicyclic) bond motifs is 1. The highest BCUT2D eigenvalue weighted by Gasteiger charge is 2.44. The van der Waals surface area contributed by atoms with E-state index >= 15 is 4.39 Å². The molecule has 0 radical (unpaired) electrons. The van der Waals surface area contributed by atoms with Gasteiger partial charge in [-0.25, -0.2) is 27.6 Å². The SMILES string of the molecule is CC(C)(C)OC(=O)N1CCC(C(C(F)S(=O)(=O)c2ccccc2)n2ccc(-c3ncnc4c3ccn4COCC[Si](C)(C)C)c2)C1. The molecule has 3 aromatic heterocycles. The van der Waals surface area contributed by atoms with Gasteiger partial charge in [0.05, 0.1) is 16.6 Å². The van der Waals surface area contributed by atoms with Gasteiger partial charge < -0.3 is 23.5 Å². The molecule has 0 spiro atoms. The lowest BCUT2D eigenvalue weighted by atomic mass is 9.99. The van der Waals surface area contributed by atoms with Gasteiger partial charge in [0, 0.05) is 63.2 Å². The summed E-state index contributed by atoms with van der Waals surface area (Å²) in [6, 6.07) is 11.3. The Bertz CT molecular complexity index is 1760. The van der Waals surface area contributed by atoms with Crippen LogP contribution in [-0.2, 0) is 26.0 Å². The van der Waals surface area contributed by atoms with Crippen molar-refractivity contribution in [2.75, 3.05) is 19.7 Å². The van der Waals surface area contributed by atoms with Crippen LogP contribution in [0.1, 0.15) is 33.2 Å². The molecular formula is C33H44FN5O5SSi. The van der Waals surface area contributed by atoms with E-state index in [-0.39, 0.29) is 11.4 Å². The van der Waals surface area contributed by atoms with Gasteiger partial charge in [-0.2, -0.15) is 0 Å². The van der Waals surface area contributed by atoms with Crippen molar-refractivity contribution in [3.05, 3.63) is 67.4 Å². The van der Waals surface area contributed by atoms with Gasteiger partial charge in [0.2, 0.25) is 15.3 Å². The third-order valence-electron chi connectivity index (χ3n) is 8.11. The highest BCUT2D eigenvalue weighted by molar-refractivity contribution is 7.92. The van der Waals surface area contributed by atoms with E-state index in [1.807, 2.05) is 16.8 Å². The summed E-state index contributed by atoms with van der Waals surface area (Å²) in [5, 5.41) is 0.802. The molecule has 0 saturated carbocycles. The molecule has 4 heterocycles. The molecule has 1 aromatic carbocycles. The monoisotopic (exact) mass is 669 g/mol. The maximum atomic E-state index is 16.6. The van der Waals surface area contributed by atoms with Crippen molar-refractivity contribution < 1.29 is 27.1 Å². The summed E-state index contributed by atoms with van der Waals surface area (Å²) in [5.41, 5.74) is -0.905. The number of alkyl halides is 1. The average molecular weight is 670 g/mol. The Hall–Kier alpha value is -3.55. The number of hydrogen-bond donors (Lipinski definition) is 0. The van der Waals surface area contributed by atoms with E-state index in [1.165, 1.54) is 23.4 Å².